The standard InChI is InChI=1S/C12H20N2O.C2H6/c1-4-5-9(2)12(15)10(3)6-11-7-13-8-14-11;1-2/h7-10H,4-6H2,1-3H3,(H,13,14);1-2H3/t9?,10-;/m0./s1. The summed E-state index contributed by atoms with van der Waals surface area (Å²) in [4.78, 5) is 18.9. The SMILES string of the molecule is CC.CCCC(C)C(=O)[C@@H](C)Cc1cnc[nH]1. The maximum absolute atomic E-state index is 11.9. The molecule has 0 aromatic carbocycles. The molecular formula is C14H26N2O. The Morgan fingerprint density at radius 1 is 1.35 bits per heavy atom. The minimum atomic E-state index is 0.0898. The summed E-state index contributed by atoms with van der Waals surface area (Å²) in [6.07, 6.45) is 6.28. The average Bonchev–Trinajstić information content (AvgIpc) is 2.83. The van der Waals surface area contributed by atoms with E-state index in [2.05, 4.69) is 16.9 Å². The van der Waals surface area contributed by atoms with Gasteiger partial charge in [-0.05, 0) is 12.8 Å². The number of imidazole rings is 1. The van der Waals surface area contributed by atoms with Gasteiger partial charge in [0.1, 0.15) is 5.78 Å². The smallest absolute Gasteiger partial charge is 0.138 e. The van der Waals surface area contributed by atoms with E-state index in [-0.39, 0.29) is 11.8 Å². The number of carbonyl (C=O) groups excluding carboxylic acids is 1. The minimum absolute atomic E-state index is 0.0898. The van der Waals surface area contributed by atoms with Crippen LogP contribution in [0.5, 0.6) is 0 Å². The number of nitrogens with zero attached hydrogens (tertiary/aromatic N) is 1. The van der Waals surface area contributed by atoms with Gasteiger partial charge in [-0.15, -0.1) is 0 Å². The summed E-state index contributed by atoms with van der Waals surface area (Å²) in [6.45, 7) is 10.1. The van der Waals surface area contributed by atoms with Crippen LogP contribution >= 0.6 is 0 Å². The number of ketones is 1. The van der Waals surface area contributed by atoms with E-state index in [1.54, 1.807) is 12.5 Å². The van der Waals surface area contributed by atoms with Crippen molar-refractivity contribution in [3.8, 4) is 0 Å². The lowest BCUT2D eigenvalue weighted by atomic mass is 9.89. The normalized spacial score (nSPS) is 13.5. The van der Waals surface area contributed by atoms with Crippen LogP contribution in [0.3, 0.4) is 0 Å². The third-order valence-corrected chi connectivity index (χ3v) is 2.77. The van der Waals surface area contributed by atoms with Crippen LogP contribution in [-0.2, 0) is 11.2 Å². The largest absolute Gasteiger partial charge is 0.348 e. The fourth-order valence-electron chi connectivity index (χ4n) is 1.89. The van der Waals surface area contributed by atoms with Crippen molar-refractivity contribution < 1.29 is 4.79 Å². The Kier molecular flexibility index (Phi) is 8.38. The zero-order valence-corrected chi connectivity index (χ0v) is 11.8. The summed E-state index contributed by atoms with van der Waals surface area (Å²) in [5.74, 6) is 0.645. The maximum Gasteiger partial charge on any atom is 0.138 e. The third-order valence-electron chi connectivity index (χ3n) is 2.77. The Balaban J connectivity index is 0.00000121. The molecule has 1 unspecified atom stereocenters. The molecule has 0 saturated heterocycles. The lowest BCUT2D eigenvalue weighted by molar-refractivity contribution is -0.126. The summed E-state index contributed by atoms with van der Waals surface area (Å²) in [6, 6.07) is 0. The first-order chi connectivity index (χ1) is 8.15. The molecule has 0 aliphatic carbocycles. The number of hydrogen-bond donors (Lipinski definition) is 1. The Morgan fingerprint density at radius 3 is 2.47 bits per heavy atom. The van der Waals surface area contributed by atoms with Crippen LogP contribution in [0.25, 0.3) is 0 Å². The maximum atomic E-state index is 11.9. The van der Waals surface area contributed by atoms with Gasteiger partial charge in [0.2, 0.25) is 0 Å². The molecule has 1 N–H and O–H groups in total. The van der Waals surface area contributed by atoms with Gasteiger partial charge in [0, 0.05) is 23.7 Å². The molecule has 0 bridgehead atoms. The lowest BCUT2D eigenvalue weighted by Gasteiger charge is -2.14. The van der Waals surface area contributed by atoms with E-state index < -0.39 is 0 Å². The first-order valence-electron chi connectivity index (χ1n) is 6.66. The monoisotopic (exact) mass is 238 g/mol. The van der Waals surface area contributed by atoms with Crippen LogP contribution in [0, 0.1) is 11.8 Å². The van der Waals surface area contributed by atoms with Crippen molar-refractivity contribution in [1.82, 2.24) is 9.97 Å². The van der Waals surface area contributed by atoms with E-state index in [0.717, 1.165) is 25.0 Å². The fraction of sp³-hybridized carbons (Fsp3) is 0.714. The van der Waals surface area contributed by atoms with Gasteiger partial charge in [-0.2, -0.15) is 0 Å². The molecule has 0 fully saturated rings. The summed E-state index contributed by atoms with van der Waals surface area (Å²) in [5, 5.41) is 0. The van der Waals surface area contributed by atoms with Crippen LogP contribution in [0.2, 0.25) is 0 Å². The highest BCUT2D eigenvalue weighted by atomic mass is 16.1. The predicted octanol–water partition coefficient (Wildman–Crippen LogP) is 3.62. The fourth-order valence-corrected chi connectivity index (χ4v) is 1.89. The van der Waals surface area contributed by atoms with E-state index in [4.69, 9.17) is 0 Å². The van der Waals surface area contributed by atoms with Gasteiger partial charge < -0.3 is 4.98 Å². The summed E-state index contributed by atoms with van der Waals surface area (Å²) in [7, 11) is 0. The molecule has 1 aromatic heterocycles. The van der Waals surface area contributed by atoms with Crippen LogP contribution < -0.4 is 0 Å². The molecule has 1 heterocycles. The molecule has 0 amide bonds. The zero-order valence-electron chi connectivity index (χ0n) is 11.8. The van der Waals surface area contributed by atoms with Crippen LogP contribution in [0.15, 0.2) is 12.5 Å². The van der Waals surface area contributed by atoms with Crippen molar-refractivity contribution in [1.29, 1.82) is 0 Å². The molecule has 17 heavy (non-hydrogen) atoms. The van der Waals surface area contributed by atoms with Crippen LogP contribution in [0.4, 0.5) is 0 Å². The Hall–Kier alpha value is -1.12. The molecule has 98 valence electrons. The molecule has 0 aliphatic heterocycles. The molecule has 1 aromatic rings. The number of aromatic nitrogens is 2. The van der Waals surface area contributed by atoms with Gasteiger partial charge >= 0.3 is 0 Å². The van der Waals surface area contributed by atoms with Gasteiger partial charge in [0.25, 0.3) is 0 Å². The summed E-state index contributed by atoms with van der Waals surface area (Å²) < 4.78 is 0. The van der Waals surface area contributed by atoms with Crippen molar-refractivity contribution in [3.63, 3.8) is 0 Å². The van der Waals surface area contributed by atoms with Crippen molar-refractivity contribution in [2.24, 2.45) is 11.8 Å². The number of H-pyrrole nitrogens is 1. The summed E-state index contributed by atoms with van der Waals surface area (Å²) in [5.41, 5.74) is 1.04. The molecule has 3 nitrogen and oxygen atoms in total. The second kappa shape index (κ2) is 8.97. The number of carbonyl (C=O) groups is 1. The first-order valence-corrected chi connectivity index (χ1v) is 6.66. The van der Waals surface area contributed by atoms with Crippen molar-refractivity contribution in [2.45, 2.75) is 53.9 Å². The van der Waals surface area contributed by atoms with E-state index in [1.165, 1.54) is 0 Å². The molecule has 2 atom stereocenters. The van der Waals surface area contributed by atoms with E-state index in [1.807, 2.05) is 27.7 Å². The van der Waals surface area contributed by atoms with Crippen molar-refractivity contribution in [3.05, 3.63) is 18.2 Å². The highest BCUT2D eigenvalue weighted by Crippen LogP contribution is 2.15. The van der Waals surface area contributed by atoms with E-state index in [9.17, 15) is 4.79 Å². The number of hydrogen-bond acceptors (Lipinski definition) is 2. The Morgan fingerprint density at radius 2 is 2.00 bits per heavy atom. The van der Waals surface area contributed by atoms with Crippen LogP contribution in [-0.4, -0.2) is 15.8 Å². The Labute approximate surface area is 105 Å². The highest BCUT2D eigenvalue weighted by molar-refractivity contribution is 5.82. The highest BCUT2D eigenvalue weighted by Gasteiger charge is 2.19. The number of aromatic amines is 1. The van der Waals surface area contributed by atoms with Gasteiger partial charge in [-0.3, -0.25) is 4.79 Å². The molecule has 1 rings (SSSR count). The second-order valence-corrected chi connectivity index (χ2v) is 4.27. The quantitative estimate of drug-likeness (QED) is 0.822. The molecule has 0 radical (unpaired) electrons. The molecule has 3 heteroatoms. The zero-order chi connectivity index (χ0) is 13.3. The van der Waals surface area contributed by atoms with Gasteiger partial charge in [0.05, 0.1) is 6.33 Å². The topological polar surface area (TPSA) is 45.8 Å². The van der Waals surface area contributed by atoms with Gasteiger partial charge in [-0.25, -0.2) is 4.98 Å². The van der Waals surface area contributed by atoms with Gasteiger partial charge in [0.15, 0.2) is 0 Å². The second-order valence-electron chi connectivity index (χ2n) is 4.27. The average molecular weight is 238 g/mol. The first kappa shape index (κ1) is 15.9. The number of nitrogens with one attached hydrogen (secondary N) is 1. The van der Waals surface area contributed by atoms with E-state index in [0.29, 0.717) is 5.78 Å². The molecule has 0 aliphatic rings. The van der Waals surface area contributed by atoms with E-state index >= 15 is 0 Å². The molecular weight excluding hydrogens is 212 g/mol. The van der Waals surface area contributed by atoms with Crippen LogP contribution in [0.1, 0.15) is 53.2 Å². The van der Waals surface area contributed by atoms with Crippen molar-refractivity contribution >= 4 is 5.78 Å². The molecule has 0 saturated carbocycles. The number of Topliss-reactive ketones (excluding diaryl/α,β-unsaturated/α-hetero) is 1. The molecule has 0 spiro atoms. The van der Waals surface area contributed by atoms with Crippen molar-refractivity contribution in [2.75, 3.05) is 0 Å². The lowest BCUT2D eigenvalue weighted by Crippen LogP contribution is -2.21. The Bertz CT molecular complexity index is 293. The summed E-state index contributed by atoms with van der Waals surface area (Å²) >= 11 is 0. The predicted molar refractivity (Wildman–Crippen MR) is 71.9 cm³/mol. The third kappa shape index (κ3) is 5.66. The van der Waals surface area contributed by atoms with Gasteiger partial charge in [-0.1, -0.05) is 41.0 Å². The minimum Gasteiger partial charge on any atom is -0.348 e. The number of rotatable bonds is 6.